The largest absolute Gasteiger partial charge is 0.390 e. The number of hydrogen-bond acceptors (Lipinski definition) is 3. The minimum atomic E-state index is -0.480. The highest BCUT2D eigenvalue weighted by Gasteiger charge is 2.60. The molecule has 10 heavy (non-hydrogen) atoms. The molecule has 0 bridgehead atoms. The van der Waals surface area contributed by atoms with Crippen LogP contribution in [-0.2, 0) is 0 Å². The Bertz CT molecular complexity index is 178. The van der Waals surface area contributed by atoms with Crippen LogP contribution in [0.15, 0.2) is 5.18 Å². The molecule has 1 N–H and O–H groups in total. The second-order valence-corrected chi connectivity index (χ2v) is 3.74. The molecule has 0 amide bonds. The van der Waals surface area contributed by atoms with Gasteiger partial charge in [-0.2, -0.15) is 4.91 Å². The maximum absolute atomic E-state index is 10.1. The molecule has 2 fully saturated rings. The van der Waals surface area contributed by atoms with Gasteiger partial charge in [0.1, 0.15) is 0 Å². The van der Waals surface area contributed by atoms with Gasteiger partial charge in [-0.3, -0.25) is 0 Å². The lowest BCUT2D eigenvalue weighted by atomic mass is 9.49. The molecule has 3 heteroatoms. The van der Waals surface area contributed by atoms with Crippen molar-refractivity contribution in [3.05, 3.63) is 4.91 Å². The molecule has 0 aromatic carbocycles. The molecule has 2 aliphatic rings. The minimum absolute atomic E-state index is 0.0187. The van der Waals surface area contributed by atoms with Crippen LogP contribution in [0.1, 0.15) is 19.8 Å². The van der Waals surface area contributed by atoms with Gasteiger partial charge in [-0.25, -0.2) is 0 Å². The SMILES string of the molecule is CC1(O)CC2C(N=O)CC21. The number of nitroso groups, excluding NO2 is 1. The van der Waals surface area contributed by atoms with E-state index in [0.717, 1.165) is 12.8 Å². The van der Waals surface area contributed by atoms with Gasteiger partial charge >= 0.3 is 0 Å². The van der Waals surface area contributed by atoms with Crippen molar-refractivity contribution in [2.75, 3.05) is 0 Å². The zero-order chi connectivity index (χ0) is 7.35. The van der Waals surface area contributed by atoms with Crippen molar-refractivity contribution < 1.29 is 5.11 Å². The number of fused-ring (bicyclic) bond motifs is 1. The van der Waals surface area contributed by atoms with Crippen molar-refractivity contribution in [3.63, 3.8) is 0 Å². The summed E-state index contributed by atoms with van der Waals surface area (Å²) in [6, 6.07) is 0.0187. The molecule has 2 aliphatic carbocycles. The van der Waals surface area contributed by atoms with Crippen LogP contribution in [0, 0.1) is 16.7 Å². The van der Waals surface area contributed by atoms with Crippen molar-refractivity contribution in [1.82, 2.24) is 0 Å². The third-order valence-electron chi connectivity index (χ3n) is 3.09. The molecule has 2 saturated carbocycles. The van der Waals surface area contributed by atoms with Crippen LogP contribution in [0.2, 0.25) is 0 Å². The highest BCUT2D eigenvalue weighted by atomic mass is 16.3. The van der Waals surface area contributed by atoms with Gasteiger partial charge < -0.3 is 5.11 Å². The molecule has 4 unspecified atom stereocenters. The molecule has 0 heterocycles. The maximum atomic E-state index is 10.1. The Labute approximate surface area is 59.4 Å². The molecular formula is C7H11NO2. The topological polar surface area (TPSA) is 49.7 Å². The summed E-state index contributed by atoms with van der Waals surface area (Å²) >= 11 is 0. The average molecular weight is 141 g/mol. The van der Waals surface area contributed by atoms with Gasteiger partial charge in [0.15, 0.2) is 0 Å². The maximum Gasteiger partial charge on any atom is 0.0956 e. The summed E-state index contributed by atoms with van der Waals surface area (Å²) in [5, 5.41) is 12.5. The Morgan fingerprint density at radius 1 is 1.70 bits per heavy atom. The lowest BCUT2D eigenvalue weighted by molar-refractivity contribution is -0.183. The Kier molecular flexibility index (Phi) is 0.997. The third-order valence-corrected chi connectivity index (χ3v) is 3.09. The summed E-state index contributed by atoms with van der Waals surface area (Å²) in [6.45, 7) is 1.84. The monoisotopic (exact) mass is 141 g/mol. The van der Waals surface area contributed by atoms with E-state index >= 15 is 0 Å². The third kappa shape index (κ3) is 0.539. The zero-order valence-electron chi connectivity index (χ0n) is 5.95. The average Bonchev–Trinajstić information content (AvgIpc) is 1.83. The Morgan fingerprint density at radius 3 is 2.70 bits per heavy atom. The first kappa shape index (κ1) is 6.28. The molecule has 2 rings (SSSR count). The molecule has 0 aromatic heterocycles. The first-order valence-electron chi connectivity index (χ1n) is 3.70. The normalized spacial score (nSPS) is 58.0. The summed E-state index contributed by atoms with van der Waals surface area (Å²) in [4.78, 5) is 10.1. The lowest BCUT2D eigenvalue weighted by Gasteiger charge is -2.59. The van der Waals surface area contributed by atoms with Crippen LogP contribution in [0.3, 0.4) is 0 Å². The van der Waals surface area contributed by atoms with E-state index in [1.165, 1.54) is 0 Å². The van der Waals surface area contributed by atoms with Crippen molar-refractivity contribution >= 4 is 0 Å². The minimum Gasteiger partial charge on any atom is -0.390 e. The van der Waals surface area contributed by atoms with Gasteiger partial charge in [-0.05, 0) is 31.6 Å². The molecule has 0 aromatic rings. The summed E-state index contributed by atoms with van der Waals surface area (Å²) < 4.78 is 0. The van der Waals surface area contributed by atoms with Gasteiger partial charge in [0, 0.05) is 0 Å². The number of rotatable bonds is 1. The summed E-state index contributed by atoms with van der Waals surface area (Å²) in [5.74, 6) is 0.780. The van der Waals surface area contributed by atoms with E-state index in [1.54, 1.807) is 0 Å². The Balaban J connectivity index is 1.99. The van der Waals surface area contributed by atoms with Crippen LogP contribution in [-0.4, -0.2) is 16.7 Å². The molecule has 0 spiro atoms. The van der Waals surface area contributed by atoms with Crippen molar-refractivity contribution in [2.24, 2.45) is 17.0 Å². The van der Waals surface area contributed by atoms with Gasteiger partial charge in [-0.1, -0.05) is 5.18 Å². The van der Waals surface area contributed by atoms with Gasteiger partial charge in [0.05, 0.1) is 11.6 Å². The van der Waals surface area contributed by atoms with Crippen molar-refractivity contribution in [3.8, 4) is 0 Å². The second kappa shape index (κ2) is 1.59. The molecule has 0 aliphatic heterocycles. The van der Waals surface area contributed by atoms with Crippen molar-refractivity contribution in [2.45, 2.75) is 31.4 Å². The Hall–Kier alpha value is -0.440. The molecule has 3 nitrogen and oxygen atoms in total. The Morgan fingerprint density at radius 2 is 2.40 bits per heavy atom. The number of aliphatic hydroxyl groups is 1. The first-order chi connectivity index (χ1) is 4.65. The van der Waals surface area contributed by atoms with E-state index in [4.69, 9.17) is 0 Å². The lowest BCUT2D eigenvalue weighted by Crippen LogP contribution is -2.63. The summed E-state index contributed by atoms with van der Waals surface area (Å²) in [6.07, 6.45) is 1.58. The molecule has 4 atom stereocenters. The van der Waals surface area contributed by atoms with E-state index in [0.29, 0.717) is 11.8 Å². The van der Waals surface area contributed by atoms with Crippen LogP contribution in [0.25, 0.3) is 0 Å². The second-order valence-electron chi connectivity index (χ2n) is 3.74. The smallest absolute Gasteiger partial charge is 0.0956 e. The van der Waals surface area contributed by atoms with E-state index < -0.39 is 5.60 Å². The van der Waals surface area contributed by atoms with E-state index in [1.807, 2.05) is 6.92 Å². The predicted molar refractivity (Wildman–Crippen MR) is 36.4 cm³/mol. The summed E-state index contributed by atoms with van der Waals surface area (Å²) in [7, 11) is 0. The fraction of sp³-hybridized carbons (Fsp3) is 1.00. The zero-order valence-corrected chi connectivity index (χ0v) is 5.95. The predicted octanol–water partition coefficient (Wildman–Crippen LogP) is 0.912. The van der Waals surface area contributed by atoms with E-state index in [2.05, 4.69) is 5.18 Å². The van der Waals surface area contributed by atoms with Crippen LogP contribution in [0.4, 0.5) is 0 Å². The van der Waals surface area contributed by atoms with Crippen LogP contribution >= 0.6 is 0 Å². The highest BCUT2D eigenvalue weighted by molar-refractivity contribution is 5.12. The molecular weight excluding hydrogens is 130 g/mol. The fourth-order valence-electron chi connectivity index (χ4n) is 2.26. The van der Waals surface area contributed by atoms with Gasteiger partial charge in [0.2, 0.25) is 0 Å². The quantitative estimate of drug-likeness (QED) is 0.552. The van der Waals surface area contributed by atoms with Crippen LogP contribution < -0.4 is 0 Å². The van der Waals surface area contributed by atoms with Crippen molar-refractivity contribution in [1.29, 1.82) is 0 Å². The number of nitrogens with zero attached hydrogens (tertiary/aromatic N) is 1. The number of hydrogen-bond donors (Lipinski definition) is 1. The fourth-order valence-corrected chi connectivity index (χ4v) is 2.26. The molecule has 0 saturated heterocycles. The van der Waals surface area contributed by atoms with Gasteiger partial charge in [-0.15, -0.1) is 0 Å². The summed E-state index contributed by atoms with van der Waals surface area (Å²) in [5.41, 5.74) is -0.480. The standard InChI is InChI=1S/C7H11NO2/c1-7(9)3-4-5(7)2-6(4)8-10/h4-6,9H,2-3H2,1H3. The van der Waals surface area contributed by atoms with E-state index in [-0.39, 0.29) is 6.04 Å². The van der Waals surface area contributed by atoms with Gasteiger partial charge in [0.25, 0.3) is 0 Å². The van der Waals surface area contributed by atoms with Crippen LogP contribution in [0.5, 0.6) is 0 Å². The first-order valence-corrected chi connectivity index (χ1v) is 3.70. The molecule has 0 radical (unpaired) electrons. The highest BCUT2D eigenvalue weighted by Crippen LogP contribution is 2.57. The van der Waals surface area contributed by atoms with E-state index in [9.17, 15) is 10.0 Å². The molecule has 56 valence electrons.